The van der Waals surface area contributed by atoms with Crippen molar-refractivity contribution in [3.63, 3.8) is 0 Å². The molecule has 0 radical (unpaired) electrons. The van der Waals surface area contributed by atoms with E-state index in [2.05, 4.69) is 0 Å². The van der Waals surface area contributed by atoms with Gasteiger partial charge in [-0.2, -0.15) is 0 Å². The molecule has 0 atom stereocenters. The topological polar surface area (TPSA) is 71.5 Å². The van der Waals surface area contributed by atoms with Gasteiger partial charge in [0.2, 0.25) is 5.91 Å². The highest BCUT2D eigenvalue weighted by atomic mass is 32.2. The third-order valence-electron chi connectivity index (χ3n) is 3.29. The second-order valence-corrected chi connectivity index (χ2v) is 6.72. The molecule has 20 heavy (non-hydrogen) atoms. The zero-order valence-electron chi connectivity index (χ0n) is 11.5. The maximum absolute atomic E-state index is 12.1. The molecule has 0 bridgehead atoms. The molecule has 1 aliphatic rings. The first-order chi connectivity index (χ1) is 9.40. The SMILES string of the molecule is CCCN1C(=O)CS(=O)(=O)c2cc(C(=O)CC)ccc21. The van der Waals surface area contributed by atoms with Crippen LogP contribution in [0.25, 0.3) is 0 Å². The average Bonchev–Trinajstić information content (AvgIpc) is 2.41. The van der Waals surface area contributed by atoms with Crippen LogP contribution in [0.4, 0.5) is 5.69 Å². The number of anilines is 1. The molecule has 0 aromatic heterocycles. The van der Waals surface area contributed by atoms with Crippen molar-refractivity contribution in [2.75, 3.05) is 17.2 Å². The largest absolute Gasteiger partial charge is 0.310 e. The van der Waals surface area contributed by atoms with Gasteiger partial charge in [-0.05, 0) is 24.6 Å². The van der Waals surface area contributed by atoms with Gasteiger partial charge in [0, 0.05) is 18.5 Å². The van der Waals surface area contributed by atoms with E-state index in [0.29, 0.717) is 24.2 Å². The number of hydrogen-bond donors (Lipinski definition) is 0. The third kappa shape index (κ3) is 2.47. The van der Waals surface area contributed by atoms with Crippen molar-refractivity contribution in [3.05, 3.63) is 23.8 Å². The number of ketones is 1. The Bertz CT molecular complexity index is 664. The first-order valence-electron chi connectivity index (χ1n) is 6.61. The highest BCUT2D eigenvalue weighted by Gasteiger charge is 2.34. The number of carbonyl (C=O) groups is 2. The van der Waals surface area contributed by atoms with Gasteiger partial charge in [0.1, 0.15) is 5.75 Å². The second-order valence-electron chi connectivity index (χ2n) is 4.76. The van der Waals surface area contributed by atoms with Crippen LogP contribution >= 0.6 is 0 Å². The minimum Gasteiger partial charge on any atom is -0.310 e. The molecule has 1 heterocycles. The summed E-state index contributed by atoms with van der Waals surface area (Å²) in [5.74, 6) is -1.04. The minimum absolute atomic E-state index is 0.0878. The standard InChI is InChI=1S/C14H17NO4S/c1-3-7-15-11-6-5-10(12(16)4-2)8-13(11)20(18,19)9-14(15)17/h5-6,8H,3-4,7,9H2,1-2H3. The number of carbonyl (C=O) groups excluding carboxylic acids is 2. The number of benzene rings is 1. The van der Waals surface area contributed by atoms with Crippen LogP contribution in [-0.4, -0.2) is 32.4 Å². The molecule has 1 aromatic carbocycles. The molecular weight excluding hydrogens is 278 g/mol. The summed E-state index contributed by atoms with van der Waals surface area (Å²) >= 11 is 0. The van der Waals surface area contributed by atoms with Crippen LogP contribution in [0.2, 0.25) is 0 Å². The van der Waals surface area contributed by atoms with E-state index in [9.17, 15) is 18.0 Å². The molecule has 0 fully saturated rings. The molecule has 0 spiro atoms. The van der Waals surface area contributed by atoms with Crippen LogP contribution in [0.3, 0.4) is 0 Å². The Morgan fingerprint density at radius 1 is 1.30 bits per heavy atom. The summed E-state index contributed by atoms with van der Waals surface area (Å²) in [6, 6.07) is 4.54. The van der Waals surface area contributed by atoms with Gasteiger partial charge >= 0.3 is 0 Å². The van der Waals surface area contributed by atoms with E-state index in [1.165, 1.54) is 11.0 Å². The summed E-state index contributed by atoms with van der Waals surface area (Å²) in [6.45, 7) is 4.12. The van der Waals surface area contributed by atoms with Crippen LogP contribution in [0.1, 0.15) is 37.0 Å². The molecule has 1 aromatic rings. The van der Waals surface area contributed by atoms with Crippen molar-refractivity contribution >= 4 is 27.2 Å². The summed E-state index contributed by atoms with van der Waals surface area (Å²) in [7, 11) is -3.65. The Labute approximate surface area is 118 Å². The van der Waals surface area contributed by atoms with E-state index >= 15 is 0 Å². The molecule has 0 saturated heterocycles. The quantitative estimate of drug-likeness (QED) is 0.794. The molecule has 6 heteroatoms. The van der Waals surface area contributed by atoms with Crippen LogP contribution < -0.4 is 4.90 Å². The highest BCUT2D eigenvalue weighted by molar-refractivity contribution is 7.92. The summed E-state index contributed by atoms with van der Waals surface area (Å²) in [4.78, 5) is 25.2. The van der Waals surface area contributed by atoms with Crippen molar-refractivity contribution in [3.8, 4) is 0 Å². The predicted molar refractivity (Wildman–Crippen MR) is 75.8 cm³/mol. The summed E-state index contributed by atoms with van der Waals surface area (Å²) < 4.78 is 24.3. The fourth-order valence-electron chi connectivity index (χ4n) is 2.29. The van der Waals surface area contributed by atoms with E-state index in [-0.39, 0.29) is 10.7 Å². The lowest BCUT2D eigenvalue weighted by molar-refractivity contribution is -0.116. The predicted octanol–water partition coefficient (Wildman–Crippen LogP) is 1.81. The Hall–Kier alpha value is -1.69. The van der Waals surface area contributed by atoms with Gasteiger partial charge in [-0.1, -0.05) is 13.8 Å². The molecule has 1 amide bonds. The molecule has 1 aliphatic heterocycles. The molecule has 0 saturated carbocycles. The molecule has 0 unspecified atom stereocenters. The van der Waals surface area contributed by atoms with Crippen LogP contribution in [0, 0.1) is 0 Å². The number of Topliss-reactive ketones (excluding diaryl/α,β-unsaturated/α-hetero) is 1. The Morgan fingerprint density at radius 3 is 2.60 bits per heavy atom. The smallest absolute Gasteiger partial charge is 0.242 e. The highest BCUT2D eigenvalue weighted by Crippen LogP contribution is 2.32. The fraction of sp³-hybridized carbons (Fsp3) is 0.429. The van der Waals surface area contributed by atoms with E-state index in [4.69, 9.17) is 0 Å². The van der Waals surface area contributed by atoms with Crippen molar-refractivity contribution in [2.24, 2.45) is 0 Å². The first-order valence-corrected chi connectivity index (χ1v) is 8.26. The lowest BCUT2D eigenvalue weighted by Crippen LogP contribution is -2.41. The van der Waals surface area contributed by atoms with Crippen molar-refractivity contribution in [1.82, 2.24) is 0 Å². The van der Waals surface area contributed by atoms with Crippen LogP contribution in [0.5, 0.6) is 0 Å². The lowest BCUT2D eigenvalue weighted by Gasteiger charge is -2.29. The number of hydrogen-bond acceptors (Lipinski definition) is 4. The van der Waals surface area contributed by atoms with E-state index < -0.39 is 21.5 Å². The Balaban J connectivity index is 2.60. The second kappa shape index (κ2) is 5.36. The zero-order chi connectivity index (χ0) is 14.9. The van der Waals surface area contributed by atoms with Gasteiger partial charge in [-0.3, -0.25) is 9.59 Å². The molecule has 108 valence electrons. The maximum Gasteiger partial charge on any atom is 0.242 e. The monoisotopic (exact) mass is 295 g/mol. The normalized spacial score (nSPS) is 16.9. The maximum atomic E-state index is 12.1. The van der Waals surface area contributed by atoms with Gasteiger partial charge in [0.05, 0.1) is 10.6 Å². The summed E-state index contributed by atoms with van der Waals surface area (Å²) in [5, 5.41) is 0. The van der Waals surface area contributed by atoms with Crippen molar-refractivity contribution in [2.45, 2.75) is 31.6 Å². The number of rotatable bonds is 4. The van der Waals surface area contributed by atoms with E-state index in [1.54, 1.807) is 19.1 Å². The number of fused-ring (bicyclic) bond motifs is 1. The Morgan fingerprint density at radius 2 is 2.00 bits per heavy atom. The average molecular weight is 295 g/mol. The Kier molecular flexibility index (Phi) is 3.94. The number of sulfone groups is 1. The third-order valence-corrected chi connectivity index (χ3v) is 4.91. The van der Waals surface area contributed by atoms with Gasteiger partial charge in [-0.25, -0.2) is 8.42 Å². The number of amides is 1. The van der Waals surface area contributed by atoms with Gasteiger partial charge in [0.25, 0.3) is 0 Å². The first kappa shape index (κ1) is 14.7. The summed E-state index contributed by atoms with van der Waals surface area (Å²) in [5.41, 5.74) is 0.761. The van der Waals surface area contributed by atoms with Gasteiger partial charge in [0.15, 0.2) is 15.6 Å². The minimum atomic E-state index is -3.65. The molecular formula is C14H17NO4S. The lowest BCUT2D eigenvalue weighted by atomic mass is 10.1. The van der Waals surface area contributed by atoms with E-state index in [1.807, 2.05) is 6.92 Å². The molecule has 5 nitrogen and oxygen atoms in total. The molecule has 2 rings (SSSR count). The molecule has 0 N–H and O–H groups in total. The van der Waals surface area contributed by atoms with Crippen molar-refractivity contribution < 1.29 is 18.0 Å². The summed E-state index contributed by atoms with van der Waals surface area (Å²) in [6.07, 6.45) is 1.05. The fourth-order valence-corrected chi connectivity index (χ4v) is 3.72. The number of nitrogens with zero attached hydrogens (tertiary/aromatic N) is 1. The zero-order valence-corrected chi connectivity index (χ0v) is 12.4. The van der Waals surface area contributed by atoms with Crippen molar-refractivity contribution in [1.29, 1.82) is 0 Å². The van der Waals surface area contributed by atoms with Gasteiger partial charge in [-0.15, -0.1) is 0 Å². The van der Waals surface area contributed by atoms with Crippen LogP contribution in [0.15, 0.2) is 23.1 Å². The van der Waals surface area contributed by atoms with Crippen LogP contribution in [-0.2, 0) is 14.6 Å². The van der Waals surface area contributed by atoms with Gasteiger partial charge < -0.3 is 4.90 Å². The van der Waals surface area contributed by atoms with E-state index in [0.717, 1.165) is 6.42 Å². The molecule has 0 aliphatic carbocycles.